The highest BCUT2D eigenvalue weighted by Crippen LogP contribution is 2.27. The summed E-state index contributed by atoms with van der Waals surface area (Å²) in [6.07, 6.45) is 0. The van der Waals surface area contributed by atoms with E-state index in [1.807, 2.05) is 36.4 Å². The van der Waals surface area contributed by atoms with Crippen LogP contribution in [0.3, 0.4) is 0 Å². The third kappa shape index (κ3) is 3.92. The first kappa shape index (κ1) is 14.8. The Morgan fingerprint density at radius 1 is 1.20 bits per heavy atom. The van der Waals surface area contributed by atoms with Crippen molar-refractivity contribution in [3.63, 3.8) is 0 Å². The number of hydrogen-bond donors (Lipinski definition) is 1. The van der Waals surface area contributed by atoms with E-state index < -0.39 is 0 Å². The van der Waals surface area contributed by atoms with Crippen LogP contribution in [0.1, 0.15) is 15.9 Å². The first-order valence-corrected chi connectivity index (χ1v) is 7.14. The second kappa shape index (κ2) is 7.22. The quantitative estimate of drug-likeness (QED) is 0.823. The van der Waals surface area contributed by atoms with Gasteiger partial charge in [-0.3, -0.25) is 4.79 Å². The number of ketones is 1. The Hall–Kier alpha value is -1.65. The van der Waals surface area contributed by atoms with Crippen molar-refractivity contribution < 1.29 is 9.53 Å². The van der Waals surface area contributed by atoms with Crippen LogP contribution in [0.4, 0.5) is 0 Å². The predicted octanol–water partition coefficient (Wildman–Crippen LogP) is 3.43. The Morgan fingerprint density at radius 3 is 2.60 bits per heavy atom. The van der Waals surface area contributed by atoms with Gasteiger partial charge in [0.15, 0.2) is 5.78 Å². The lowest BCUT2D eigenvalue weighted by Gasteiger charge is -2.09. The number of nitrogens with one attached hydrogen (secondary N) is 1. The minimum absolute atomic E-state index is 0.0582. The summed E-state index contributed by atoms with van der Waals surface area (Å²) in [6, 6.07) is 15.3. The van der Waals surface area contributed by atoms with E-state index in [1.54, 1.807) is 19.2 Å². The maximum atomic E-state index is 11.8. The summed E-state index contributed by atoms with van der Waals surface area (Å²) in [5, 5.41) is 2.85. The lowest BCUT2D eigenvalue weighted by Crippen LogP contribution is -2.18. The van der Waals surface area contributed by atoms with Crippen LogP contribution in [-0.2, 0) is 6.61 Å². The number of Topliss-reactive ketones (excluding diaryl/α,β-unsaturated/α-hetero) is 1. The zero-order chi connectivity index (χ0) is 14.4. The van der Waals surface area contributed by atoms with Crippen LogP contribution in [-0.4, -0.2) is 19.4 Å². The van der Waals surface area contributed by atoms with Crippen LogP contribution in [0.15, 0.2) is 53.0 Å². The highest BCUT2D eigenvalue weighted by molar-refractivity contribution is 9.10. The third-order valence-electron chi connectivity index (χ3n) is 2.83. The maximum absolute atomic E-state index is 11.8. The van der Waals surface area contributed by atoms with E-state index in [9.17, 15) is 4.79 Å². The molecular weight excluding hydrogens is 318 g/mol. The lowest BCUT2D eigenvalue weighted by molar-refractivity contribution is 0.0993. The summed E-state index contributed by atoms with van der Waals surface area (Å²) in [7, 11) is 1.75. The normalized spacial score (nSPS) is 10.3. The first-order chi connectivity index (χ1) is 9.70. The van der Waals surface area contributed by atoms with Gasteiger partial charge in [0.05, 0.1) is 11.0 Å². The van der Waals surface area contributed by atoms with Gasteiger partial charge in [0.25, 0.3) is 0 Å². The van der Waals surface area contributed by atoms with Gasteiger partial charge in [-0.15, -0.1) is 0 Å². The Bertz CT molecular complexity index is 584. The van der Waals surface area contributed by atoms with Gasteiger partial charge in [-0.25, -0.2) is 0 Å². The number of ether oxygens (including phenoxy) is 1. The predicted molar refractivity (Wildman–Crippen MR) is 83.2 cm³/mol. The molecule has 20 heavy (non-hydrogen) atoms. The minimum Gasteiger partial charge on any atom is -0.488 e. The van der Waals surface area contributed by atoms with E-state index in [2.05, 4.69) is 21.2 Å². The van der Waals surface area contributed by atoms with Crippen molar-refractivity contribution in [2.24, 2.45) is 0 Å². The fraction of sp³-hybridized carbons (Fsp3) is 0.188. The highest BCUT2D eigenvalue weighted by atomic mass is 79.9. The van der Waals surface area contributed by atoms with Crippen LogP contribution in [0.2, 0.25) is 0 Å². The molecule has 0 aliphatic carbocycles. The Labute approximate surface area is 127 Å². The van der Waals surface area contributed by atoms with E-state index in [1.165, 1.54) is 0 Å². The van der Waals surface area contributed by atoms with Crippen LogP contribution in [0, 0.1) is 0 Å². The molecule has 0 radical (unpaired) electrons. The SMILES string of the molecule is CNCC(=O)c1ccc(OCc2ccccc2)c(Br)c1. The number of carbonyl (C=O) groups is 1. The number of rotatable bonds is 6. The summed E-state index contributed by atoms with van der Waals surface area (Å²) in [5.74, 6) is 0.790. The van der Waals surface area contributed by atoms with Gasteiger partial charge in [-0.05, 0) is 46.7 Å². The molecule has 2 aromatic carbocycles. The molecule has 104 valence electrons. The zero-order valence-electron chi connectivity index (χ0n) is 11.2. The van der Waals surface area contributed by atoms with Crippen molar-refractivity contribution in [1.29, 1.82) is 0 Å². The van der Waals surface area contributed by atoms with Crippen molar-refractivity contribution in [2.75, 3.05) is 13.6 Å². The molecule has 1 N–H and O–H groups in total. The molecule has 0 bridgehead atoms. The van der Waals surface area contributed by atoms with Gasteiger partial charge >= 0.3 is 0 Å². The molecule has 0 atom stereocenters. The zero-order valence-corrected chi connectivity index (χ0v) is 12.8. The molecule has 2 aromatic rings. The standard InChI is InChI=1S/C16H16BrNO2/c1-18-10-15(19)13-7-8-16(14(17)9-13)20-11-12-5-3-2-4-6-12/h2-9,18H,10-11H2,1H3. The van der Waals surface area contributed by atoms with Gasteiger partial charge in [0.1, 0.15) is 12.4 Å². The van der Waals surface area contributed by atoms with Crippen molar-refractivity contribution in [3.05, 3.63) is 64.1 Å². The van der Waals surface area contributed by atoms with E-state index in [0.717, 1.165) is 15.8 Å². The molecule has 0 amide bonds. The van der Waals surface area contributed by atoms with Gasteiger partial charge < -0.3 is 10.1 Å². The molecule has 0 saturated carbocycles. The molecule has 0 unspecified atom stereocenters. The highest BCUT2D eigenvalue weighted by Gasteiger charge is 2.08. The summed E-state index contributed by atoms with van der Waals surface area (Å²) in [6.45, 7) is 0.833. The van der Waals surface area contributed by atoms with E-state index >= 15 is 0 Å². The summed E-state index contributed by atoms with van der Waals surface area (Å²) < 4.78 is 6.53. The van der Waals surface area contributed by atoms with E-state index in [-0.39, 0.29) is 5.78 Å². The molecule has 0 heterocycles. The number of halogens is 1. The van der Waals surface area contributed by atoms with Crippen molar-refractivity contribution in [1.82, 2.24) is 5.32 Å². The molecule has 0 aromatic heterocycles. The maximum Gasteiger partial charge on any atom is 0.176 e. The summed E-state index contributed by atoms with van der Waals surface area (Å²) in [4.78, 5) is 11.8. The number of hydrogen-bond acceptors (Lipinski definition) is 3. The van der Waals surface area contributed by atoms with E-state index in [0.29, 0.717) is 18.7 Å². The minimum atomic E-state index is 0.0582. The molecule has 0 aliphatic heterocycles. The third-order valence-corrected chi connectivity index (χ3v) is 3.45. The van der Waals surface area contributed by atoms with Gasteiger partial charge in [-0.1, -0.05) is 30.3 Å². The van der Waals surface area contributed by atoms with Gasteiger partial charge in [0.2, 0.25) is 0 Å². The smallest absolute Gasteiger partial charge is 0.176 e. The van der Waals surface area contributed by atoms with Gasteiger partial charge in [0, 0.05) is 5.56 Å². The molecule has 0 aliphatic rings. The Kier molecular flexibility index (Phi) is 5.32. The van der Waals surface area contributed by atoms with Crippen molar-refractivity contribution in [3.8, 4) is 5.75 Å². The Balaban J connectivity index is 2.04. The molecule has 3 nitrogen and oxygen atoms in total. The molecule has 4 heteroatoms. The molecular formula is C16H16BrNO2. The number of carbonyl (C=O) groups excluding carboxylic acids is 1. The molecule has 0 saturated heterocycles. The first-order valence-electron chi connectivity index (χ1n) is 6.35. The number of likely N-dealkylation sites (N-methyl/N-ethyl adjacent to an activating group) is 1. The van der Waals surface area contributed by atoms with Crippen molar-refractivity contribution >= 4 is 21.7 Å². The fourth-order valence-corrected chi connectivity index (χ4v) is 2.28. The fourth-order valence-electron chi connectivity index (χ4n) is 1.79. The molecule has 0 fully saturated rings. The Morgan fingerprint density at radius 2 is 1.95 bits per heavy atom. The van der Waals surface area contributed by atoms with Crippen LogP contribution >= 0.6 is 15.9 Å². The van der Waals surface area contributed by atoms with Gasteiger partial charge in [-0.2, -0.15) is 0 Å². The second-order valence-corrected chi connectivity index (χ2v) is 5.23. The largest absolute Gasteiger partial charge is 0.488 e. The molecule has 2 rings (SSSR count). The van der Waals surface area contributed by atoms with E-state index in [4.69, 9.17) is 4.74 Å². The lowest BCUT2D eigenvalue weighted by atomic mass is 10.1. The monoisotopic (exact) mass is 333 g/mol. The van der Waals surface area contributed by atoms with Crippen LogP contribution < -0.4 is 10.1 Å². The average Bonchev–Trinajstić information content (AvgIpc) is 2.47. The van der Waals surface area contributed by atoms with Crippen LogP contribution in [0.5, 0.6) is 5.75 Å². The summed E-state index contributed by atoms with van der Waals surface area (Å²) >= 11 is 3.44. The summed E-state index contributed by atoms with van der Waals surface area (Å²) in [5.41, 5.74) is 1.77. The average molecular weight is 334 g/mol. The molecule has 0 spiro atoms. The number of benzene rings is 2. The van der Waals surface area contributed by atoms with Crippen molar-refractivity contribution in [2.45, 2.75) is 6.61 Å². The second-order valence-electron chi connectivity index (χ2n) is 4.37. The topological polar surface area (TPSA) is 38.3 Å². The van der Waals surface area contributed by atoms with Crippen LogP contribution in [0.25, 0.3) is 0 Å².